The Hall–Kier alpha value is -0.290. The highest BCUT2D eigenvalue weighted by Crippen LogP contribution is 2.44. The number of nitrogens with zero attached hydrogens (tertiary/aromatic N) is 4. The summed E-state index contributed by atoms with van der Waals surface area (Å²) in [5.41, 5.74) is 0. The number of halogens is 1. The minimum Gasteiger partial charge on any atom is -0.227 e. The summed E-state index contributed by atoms with van der Waals surface area (Å²) in [7, 11) is 0. The second kappa shape index (κ2) is 4.29. The predicted octanol–water partition coefficient (Wildman–Crippen LogP) is 2.26. The summed E-state index contributed by atoms with van der Waals surface area (Å²) in [4.78, 5) is 0. The van der Waals surface area contributed by atoms with Crippen LogP contribution in [-0.2, 0) is 6.54 Å². The van der Waals surface area contributed by atoms with Gasteiger partial charge in [-0.25, -0.2) is 4.68 Å². The smallest absolute Gasteiger partial charge is 0.168 e. The Morgan fingerprint density at radius 2 is 2.33 bits per heavy atom. The molecule has 4 nitrogen and oxygen atoms in total. The van der Waals surface area contributed by atoms with Crippen molar-refractivity contribution in [2.75, 3.05) is 6.26 Å². The lowest BCUT2D eigenvalue weighted by molar-refractivity contribution is 0.303. The molecule has 0 spiro atoms. The second-order valence-electron chi connectivity index (χ2n) is 4.05. The van der Waals surface area contributed by atoms with E-state index in [1.807, 2.05) is 23.4 Å². The third-order valence-corrected chi connectivity index (χ3v) is 4.65. The molecule has 1 heterocycles. The van der Waals surface area contributed by atoms with Gasteiger partial charge in [0.05, 0.1) is 11.9 Å². The van der Waals surface area contributed by atoms with E-state index in [1.54, 1.807) is 0 Å². The van der Waals surface area contributed by atoms with Gasteiger partial charge < -0.3 is 0 Å². The molecule has 1 aliphatic rings. The zero-order valence-corrected chi connectivity index (χ0v) is 10.6. The number of rotatable bonds is 4. The van der Waals surface area contributed by atoms with E-state index in [4.69, 9.17) is 11.6 Å². The maximum atomic E-state index is 6.01. The van der Waals surface area contributed by atoms with Gasteiger partial charge in [-0.2, -0.15) is 11.8 Å². The predicted molar refractivity (Wildman–Crippen MR) is 62.2 cm³/mol. The summed E-state index contributed by atoms with van der Waals surface area (Å²) in [5.74, 6) is 0.775. The number of hydrogen-bond acceptors (Lipinski definition) is 4. The van der Waals surface area contributed by atoms with E-state index < -0.39 is 0 Å². The second-order valence-corrected chi connectivity index (χ2v) is 5.98. The molecule has 0 aliphatic heterocycles. The van der Waals surface area contributed by atoms with Crippen LogP contribution in [0.1, 0.15) is 37.4 Å². The van der Waals surface area contributed by atoms with Gasteiger partial charge in [-0.15, -0.1) is 16.7 Å². The first-order valence-electron chi connectivity index (χ1n) is 5.12. The zero-order valence-electron chi connectivity index (χ0n) is 8.98. The van der Waals surface area contributed by atoms with Crippen LogP contribution < -0.4 is 0 Å². The van der Waals surface area contributed by atoms with Crippen molar-refractivity contribution in [1.29, 1.82) is 0 Å². The zero-order chi connectivity index (χ0) is 10.9. The normalized spacial score (nSPS) is 21.0. The average molecular weight is 247 g/mol. The average Bonchev–Trinajstić information content (AvgIpc) is 2.59. The molecule has 15 heavy (non-hydrogen) atoms. The monoisotopic (exact) mass is 246 g/mol. The van der Waals surface area contributed by atoms with E-state index in [0.717, 1.165) is 12.4 Å². The highest BCUT2D eigenvalue weighted by molar-refractivity contribution is 8.00. The van der Waals surface area contributed by atoms with E-state index in [-0.39, 0.29) is 5.38 Å². The van der Waals surface area contributed by atoms with Crippen LogP contribution in [0.4, 0.5) is 0 Å². The molecule has 0 N–H and O–H groups in total. The lowest BCUT2D eigenvalue weighted by Crippen LogP contribution is -2.38. The molecule has 1 unspecified atom stereocenters. The first kappa shape index (κ1) is 11.2. The molecule has 1 saturated carbocycles. The molecule has 0 radical (unpaired) electrons. The fourth-order valence-electron chi connectivity index (χ4n) is 1.88. The molecule has 1 fully saturated rings. The Morgan fingerprint density at radius 3 is 2.80 bits per heavy atom. The molecule has 0 saturated heterocycles. The van der Waals surface area contributed by atoms with Crippen LogP contribution in [0.2, 0.25) is 0 Å². The van der Waals surface area contributed by atoms with E-state index in [9.17, 15) is 0 Å². The fraction of sp³-hybridized carbons (Fsp3) is 0.889. The van der Waals surface area contributed by atoms with Gasteiger partial charge >= 0.3 is 0 Å². The van der Waals surface area contributed by atoms with Crippen LogP contribution in [0.5, 0.6) is 0 Å². The van der Waals surface area contributed by atoms with Gasteiger partial charge in [0.15, 0.2) is 5.82 Å². The molecule has 1 aromatic rings. The number of tetrazole rings is 1. The molecule has 2 rings (SSSR count). The SMILES string of the molecule is CSC1(Cn2nnnc2C(C)Cl)CCC1. The topological polar surface area (TPSA) is 43.6 Å². The van der Waals surface area contributed by atoms with Gasteiger partial charge in [-0.3, -0.25) is 0 Å². The van der Waals surface area contributed by atoms with Gasteiger partial charge in [0.2, 0.25) is 0 Å². The van der Waals surface area contributed by atoms with E-state index in [2.05, 4.69) is 21.8 Å². The Bertz CT molecular complexity index is 329. The van der Waals surface area contributed by atoms with Crippen molar-refractivity contribution < 1.29 is 0 Å². The largest absolute Gasteiger partial charge is 0.227 e. The van der Waals surface area contributed by atoms with Gasteiger partial charge in [0.25, 0.3) is 0 Å². The Morgan fingerprint density at radius 1 is 1.60 bits per heavy atom. The van der Waals surface area contributed by atoms with E-state index in [0.29, 0.717) is 4.75 Å². The molecular formula is C9H15ClN4S. The van der Waals surface area contributed by atoms with Crippen LogP contribution >= 0.6 is 23.4 Å². The lowest BCUT2D eigenvalue weighted by Gasteiger charge is -2.40. The quantitative estimate of drug-likeness (QED) is 0.765. The van der Waals surface area contributed by atoms with E-state index >= 15 is 0 Å². The highest BCUT2D eigenvalue weighted by atomic mass is 35.5. The minimum atomic E-state index is -0.126. The molecule has 1 atom stereocenters. The molecule has 84 valence electrons. The van der Waals surface area contributed by atoms with Gasteiger partial charge in [0.1, 0.15) is 0 Å². The number of alkyl halides is 1. The van der Waals surface area contributed by atoms with Crippen LogP contribution in [0.15, 0.2) is 0 Å². The van der Waals surface area contributed by atoms with Crippen molar-refractivity contribution in [2.24, 2.45) is 0 Å². The summed E-state index contributed by atoms with van der Waals surface area (Å²) < 4.78 is 2.20. The van der Waals surface area contributed by atoms with Crippen molar-refractivity contribution in [3.63, 3.8) is 0 Å². The molecule has 1 aliphatic carbocycles. The van der Waals surface area contributed by atoms with Crippen molar-refractivity contribution in [3.8, 4) is 0 Å². The maximum Gasteiger partial charge on any atom is 0.168 e. The number of hydrogen-bond donors (Lipinski definition) is 0. The van der Waals surface area contributed by atoms with Crippen molar-refractivity contribution in [1.82, 2.24) is 20.2 Å². The van der Waals surface area contributed by atoms with Gasteiger partial charge in [-0.05, 0) is 36.4 Å². The standard InChI is InChI=1S/C9H15ClN4S/c1-7(10)8-11-12-13-14(8)6-9(15-2)4-3-5-9/h7H,3-6H2,1-2H3. The van der Waals surface area contributed by atoms with Crippen LogP contribution in [-0.4, -0.2) is 31.2 Å². The molecule has 6 heteroatoms. The molecule has 0 bridgehead atoms. The third kappa shape index (κ3) is 2.13. The minimum absolute atomic E-state index is 0.126. The summed E-state index contributed by atoms with van der Waals surface area (Å²) in [6.45, 7) is 2.78. The van der Waals surface area contributed by atoms with E-state index in [1.165, 1.54) is 19.3 Å². The lowest BCUT2D eigenvalue weighted by atomic mass is 9.84. The fourth-order valence-corrected chi connectivity index (χ4v) is 2.98. The third-order valence-electron chi connectivity index (χ3n) is 3.05. The molecule has 1 aromatic heterocycles. The highest BCUT2D eigenvalue weighted by Gasteiger charge is 2.37. The summed E-state index contributed by atoms with van der Waals surface area (Å²) in [6, 6.07) is 0. The summed E-state index contributed by atoms with van der Waals surface area (Å²) in [5, 5.41) is 11.5. The Kier molecular flexibility index (Phi) is 3.21. The number of thioether (sulfide) groups is 1. The Labute approximate surface area is 98.8 Å². The first-order valence-corrected chi connectivity index (χ1v) is 6.78. The molecular weight excluding hydrogens is 232 g/mol. The molecule has 0 amide bonds. The summed E-state index contributed by atoms with van der Waals surface area (Å²) >= 11 is 7.93. The maximum absolute atomic E-state index is 6.01. The van der Waals surface area contributed by atoms with Crippen molar-refractivity contribution >= 4 is 23.4 Å². The van der Waals surface area contributed by atoms with Crippen LogP contribution in [0, 0.1) is 0 Å². The van der Waals surface area contributed by atoms with Crippen molar-refractivity contribution in [3.05, 3.63) is 5.82 Å². The summed E-state index contributed by atoms with van der Waals surface area (Å²) in [6.07, 6.45) is 5.98. The Balaban J connectivity index is 2.13. The van der Waals surface area contributed by atoms with Crippen LogP contribution in [0.3, 0.4) is 0 Å². The first-order chi connectivity index (χ1) is 7.17. The van der Waals surface area contributed by atoms with Crippen LogP contribution in [0.25, 0.3) is 0 Å². The molecule has 0 aromatic carbocycles. The van der Waals surface area contributed by atoms with Gasteiger partial charge in [-0.1, -0.05) is 6.42 Å². The van der Waals surface area contributed by atoms with Gasteiger partial charge in [0, 0.05) is 4.75 Å². The van der Waals surface area contributed by atoms with Crippen molar-refractivity contribution in [2.45, 2.75) is 42.9 Å². The number of aromatic nitrogens is 4.